The van der Waals surface area contributed by atoms with Crippen molar-refractivity contribution in [3.8, 4) is 17.1 Å². The minimum atomic E-state index is 0.719. The molecule has 4 nitrogen and oxygen atoms in total. The molecule has 0 atom stereocenters. The number of hydrogen-bond donors (Lipinski definition) is 2. The molecular formula is C15H15N3O. The first-order chi connectivity index (χ1) is 9.17. The van der Waals surface area contributed by atoms with Crippen LogP contribution >= 0.6 is 0 Å². The van der Waals surface area contributed by atoms with Gasteiger partial charge in [-0.1, -0.05) is 11.6 Å². The number of nitrogens with one attached hydrogen (secondary N) is 1. The summed E-state index contributed by atoms with van der Waals surface area (Å²) >= 11 is 0. The van der Waals surface area contributed by atoms with Crippen LogP contribution in [0.5, 0.6) is 5.75 Å². The van der Waals surface area contributed by atoms with Gasteiger partial charge in [-0.2, -0.15) is 0 Å². The van der Waals surface area contributed by atoms with Gasteiger partial charge in [-0.05, 0) is 31.2 Å². The summed E-state index contributed by atoms with van der Waals surface area (Å²) in [4.78, 5) is 7.85. The van der Waals surface area contributed by atoms with Crippen LogP contribution in [0.15, 0.2) is 36.4 Å². The summed E-state index contributed by atoms with van der Waals surface area (Å²) in [6.07, 6.45) is 0. The fraction of sp³-hybridized carbons (Fsp3) is 0.133. The minimum Gasteiger partial charge on any atom is -0.497 e. The monoisotopic (exact) mass is 253 g/mol. The lowest BCUT2D eigenvalue weighted by Crippen LogP contribution is -1.91. The number of aryl methyl sites for hydroxylation is 1. The predicted molar refractivity (Wildman–Crippen MR) is 77.2 cm³/mol. The van der Waals surface area contributed by atoms with E-state index >= 15 is 0 Å². The molecule has 4 heteroatoms. The maximum atomic E-state index is 6.01. The number of rotatable bonds is 2. The van der Waals surface area contributed by atoms with Gasteiger partial charge in [-0.3, -0.25) is 0 Å². The molecule has 0 spiro atoms. The van der Waals surface area contributed by atoms with Crippen molar-refractivity contribution >= 4 is 16.7 Å². The molecule has 0 aliphatic rings. The van der Waals surface area contributed by atoms with Crippen molar-refractivity contribution < 1.29 is 4.74 Å². The Labute approximate surface area is 111 Å². The molecule has 0 aliphatic carbocycles. The molecule has 0 fully saturated rings. The zero-order valence-electron chi connectivity index (χ0n) is 10.9. The predicted octanol–water partition coefficient (Wildman–Crippen LogP) is 3.13. The first-order valence-electron chi connectivity index (χ1n) is 6.07. The molecule has 0 amide bonds. The molecule has 0 radical (unpaired) electrons. The van der Waals surface area contributed by atoms with Crippen LogP contribution in [0, 0.1) is 6.92 Å². The fourth-order valence-corrected chi connectivity index (χ4v) is 2.12. The molecule has 0 bridgehead atoms. The van der Waals surface area contributed by atoms with Crippen molar-refractivity contribution in [2.24, 2.45) is 0 Å². The number of anilines is 1. The highest BCUT2D eigenvalue weighted by Gasteiger charge is 2.09. The van der Waals surface area contributed by atoms with Gasteiger partial charge in [0.15, 0.2) is 0 Å². The molecule has 2 aromatic carbocycles. The highest BCUT2D eigenvalue weighted by molar-refractivity contribution is 5.83. The molecule has 96 valence electrons. The van der Waals surface area contributed by atoms with E-state index in [9.17, 15) is 0 Å². The summed E-state index contributed by atoms with van der Waals surface area (Å²) in [5, 5.41) is 0. The number of hydrogen-bond acceptors (Lipinski definition) is 3. The number of aromatic amines is 1. The van der Waals surface area contributed by atoms with Gasteiger partial charge in [0.05, 0.1) is 18.1 Å². The maximum Gasteiger partial charge on any atom is 0.140 e. The topological polar surface area (TPSA) is 63.9 Å². The number of ether oxygens (including phenoxy) is 1. The highest BCUT2D eigenvalue weighted by Crippen LogP contribution is 2.28. The van der Waals surface area contributed by atoms with Gasteiger partial charge >= 0.3 is 0 Å². The Balaban J connectivity index is 2.17. The number of fused-ring (bicyclic) bond motifs is 1. The Morgan fingerprint density at radius 2 is 2.00 bits per heavy atom. The third-order valence-corrected chi connectivity index (χ3v) is 3.15. The first kappa shape index (κ1) is 11.6. The summed E-state index contributed by atoms with van der Waals surface area (Å²) < 4.78 is 5.21. The van der Waals surface area contributed by atoms with Crippen molar-refractivity contribution in [1.29, 1.82) is 0 Å². The molecule has 19 heavy (non-hydrogen) atoms. The number of nitrogen functional groups attached to an aromatic ring is 1. The van der Waals surface area contributed by atoms with Gasteiger partial charge in [-0.25, -0.2) is 4.98 Å². The second-order valence-electron chi connectivity index (χ2n) is 4.56. The minimum absolute atomic E-state index is 0.719. The number of imidazole rings is 1. The van der Waals surface area contributed by atoms with E-state index in [1.54, 1.807) is 7.11 Å². The standard InChI is InChI=1S/C15H15N3O/c1-9-3-5-12(16)11(7-9)15-17-13-6-4-10(19-2)8-14(13)18-15/h3-8H,16H2,1-2H3,(H,17,18). The number of nitrogens with zero attached hydrogens (tertiary/aromatic N) is 1. The first-order valence-corrected chi connectivity index (χ1v) is 6.07. The summed E-state index contributed by atoms with van der Waals surface area (Å²) in [6, 6.07) is 11.7. The third kappa shape index (κ3) is 2.01. The Morgan fingerprint density at radius 1 is 1.16 bits per heavy atom. The van der Waals surface area contributed by atoms with Gasteiger partial charge in [0.25, 0.3) is 0 Å². The van der Waals surface area contributed by atoms with Gasteiger partial charge in [0.2, 0.25) is 0 Å². The van der Waals surface area contributed by atoms with Crippen LogP contribution in [0.4, 0.5) is 5.69 Å². The largest absolute Gasteiger partial charge is 0.497 e. The summed E-state index contributed by atoms with van der Waals surface area (Å²) in [7, 11) is 1.65. The average Bonchev–Trinajstić information content (AvgIpc) is 2.83. The molecule has 0 aliphatic heterocycles. The number of H-pyrrole nitrogens is 1. The average molecular weight is 253 g/mol. The Hall–Kier alpha value is -2.49. The smallest absolute Gasteiger partial charge is 0.140 e. The van der Waals surface area contributed by atoms with Crippen LogP contribution < -0.4 is 10.5 Å². The highest BCUT2D eigenvalue weighted by atomic mass is 16.5. The zero-order valence-corrected chi connectivity index (χ0v) is 10.9. The lowest BCUT2D eigenvalue weighted by atomic mass is 10.1. The normalized spacial score (nSPS) is 10.8. The lowest BCUT2D eigenvalue weighted by molar-refractivity contribution is 0.415. The number of methoxy groups -OCH3 is 1. The van der Waals surface area contributed by atoms with E-state index in [2.05, 4.69) is 9.97 Å². The third-order valence-electron chi connectivity index (χ3n) is 3.15. The number of nitrogens with two attached hydrogens (primary N) is 1. The Bertz CT molecular complexity index is 746. The van der Waals surface area contributed by atoms with Crippen molar-refractivity contribution in [2.45, 2.75) is 6.92 Å². The van der Waals surface area contributed by atoms with Crippen molar-refractivity contribution in [2.75, 3.05) is 12.8 Å². The molecule has 3 rings (SSSR count). The molecule has 3 N–H and O–H groups in total. The van der Waals surface area contributed by atoms with E-state index in [0.717, 1.165) is 39.4 Å². The van der Waals surface area contributed by atoms with E-state index in [-0.39, 0.29) is 0 Å². The number of aromatic nitrogens is 2. The van der Waals surface area contributed by atoms with Gasteiger partial charge < -0.3 is 15.5 Å². The maximum absolute atomic E-state index is 6.01. The second kappa shape index (κ2) is 4.31. The van der Waals surface area contributed by atoms with E-state index in [1.165, 1.54) is 0 Å². The van der Waals surface area contributed by atoms with Crippen LogP contribution in [0.25, 0.3) is 22.4 Å². The van der Waals surface area contributed by atoms with Crippen LogP contribution in [0.2, 0.25) is 0 Å². The second-order valence-corrected chi connectivity index (χ2v) is 4.56. The van der Waals surface area contributed by atoms with Gasteiger partial charge in [-0.15, -0.1) is 0 Å². The number of benzene rings is 2. The molecule has 0 unspecified atom stereocenters. The van der Waals surface area contributed by atoms with Crippen LogP contribution in [-0.2, 0) is 0 Å². The molecule has 1 heterocycles. The summed E-state index contributed by atoms with van der Waals surface area (Å²) in [6.45, 7) is 2.04. The molecule has 3 aromatic rings. The Kier molecular flexibility index (Phi) is 2.63. The summed E-state index contributed by atoms with van der Waals surface area (Å²) in [5.74, 6) is 1.59. The van der Waals surface area contributed by atoms with Crippen molar-refractivity contribution in [1.82, 2.24) is 9.97 Å². The quantitative estimate of drug-likeness (QED) is 0.690. The van der Waals surface area contributed by atoms with E-state index in [1.807, 2.05) is 43.3 Å². The van der Waals surface area contributed by atoms with Crippen LogP contribution in [0.3, 0.4) is 0 Å². The SMILES string of the molecule is COc1ccc2nc(-c3cc(C)ccc3N)[nH]c2c1. The molecule has 0 saturated carbocycles. The van der Waals surface area contributed by atoms with Crippen molar-refractivity contribution in [3.05, 3.63) is 42.0 Å². The molecular weight excluding hydrogens is 238 g/mol. The van der Waals surface area contributed by atoms with E-state index in [4.69, 9.17) is 10.5 Å². The van der Waals surface area contributed by atoms with E-state index < -0.39 is 0 Å². The fourth-order valence-electron chi connectivity index (χ4n) is 2.12. The van der Waals surface area contributed by atoms with E-state index in [0.29, 0.717) is 0 Å². The Morgan fingerprint density at radius 3 is 2.79 bits per heavy atom. The zero-order chi connectivity index (χ0) is 13.4. The summed E-state index contributed by atoms with van der Waals surface area (Å²) in [5.41, 5.74) is 10.7. The van der Waals surface area contributed by atoms with Crippen LogP contribution in [-0.4, -0.2) is 17.1 Å². The van der Waals surface area contributed by atoms with Gasteiger partial charge in [0, 0.05) is 17.3 Å². The van der Waals surface area contributed by atoms with Crippen molar-refractivity contribution in [3.63, 3.8) is 0 Å². The molecule has 0 saturated heterocycles. The lowest BCUT2D eigenvalue weighted by Gasteiger charge is -2.03. The van der Waals surface area contributed by atoms with Crippen LogP contribution in [0.1, 0.15) is 5.56 Å². The molecule has 1 aromatic heterocycles. The van der Waals surface area contributed by atoms with Gasteiger partial charge in [0.1, 0.15) is 11.6 Å².